The minimum Gasteiger partial charge on any atom is -0.390 e. The quantitative estimate of drug-likeness (QED) is 0.699. The van der Waals surface area contributed by atoms with Gasteiger partial charge in [-0.3, -0.25) is 0 Å². The normalized spacial score (nSPS) is 33.4. The highest BCUT2D eigenvalue weighted by Crippen LogP contribution is 2.55. The molecular weight excluding hydrogens is 184 g/mol. The third-order valence-electron chi connectivity index (χ3n) is 4.39. The van der Waals surface area contributed by atoms with E-state index in [4.69, 9.17) is 0 Å². The molecule has 1 heteroatoms. The summed E-state index contributed by atoms with van der Waals surface area (Å²) in [6, 6.07) is 0. The largest absolute Gasteiger partial charge is 0.390 e. The van der Waals surface area contributed by atoms with Crippen LogP contribution in [0.1, 0.15) is 66.2 Å². The van der Waals surface area contributed by atoms with E-state index in [0.717, 1.165) is 12.8 Å². The van der Waals surface area contributed by atoms with E-state index >= 15 is 0 Å². The van der Waals surface area contributed by atoms with Crippen LogP contribution in [0.15, 0.2) is 0 Å². The van der Waals surface area contributed by atoms with Gasteiger partial charge in [-0.25, -0.2) is 0 Å². The Morgan fingerprint density at radius 3 is 1.67 bits per heavy atom. The lowest BCUT2D eigenvalue weighted by Crippen LogP contribution is -2.52. The molecule has 0 bridgehead atoms. The molecule has 2 aliphatic rings. The molecule has 88 valence electrons. The smallest absolute Gasteiger partial charge is 0.0686 e. The fraction of sp³-hybridized carbons (Fsp3) is 1.00. The molecule has 0 unspecified atom stereocenters. The molecule has 15 heavy (non-hydrogen) atoms. The maximum atomic E-state index is 10.9. The van der Waals surface area contributed by atoms with E-state index in [2.05, 4.69) is 27.7 Å². The van der Waals surface area contributed by atoms with Crippen molar-refractivity contribution in [2.24, 2.45) is 16.7 Å². The Morgan fingerprint density at radius 2 is 1.33 bits per heavy atom. The molecule has 2 fully saturated rings. The van der Waals surface area contributed by atoms with Gasteiger partial charge in [0.05, 0.1) is 5.60 Å². The van der Waals surface area contributed by atoms with Crippen LogP contribution >= 0.6 is 0 Å². The topological polar surface area (TPSA) is 20.2 Å². The average molecular weight is 210 g/mol. The van der Waals surface area contributed by atoms with Crippen molar-refractivity contribution in [2.45, 2.75) is 71.8 Å². The predicted molar refractivity (Wildman–Crippen MR) is 63.7 cm³/mol. The first-order chi connectivity index (χ1) is 6.73. The van der Waals surface area contributed by atoms with Crippen molar-refractivity contribution in [1.82, 2.24) is 0 Å². The van der Waals surface area contributed by atoms with Crippen molar-refractivity contribution in [2.75, 3.05) is 0 Å². The number of hydrogen-bond acceptors (Lipinski definition) is 1. The number of aliphatic hydroxyl groups is 1. The summed E-state index contributed by atoms with van der Waals surface area (Å²) in [5.74, 6) is 0.594. The zero-order chi connectivity index (χ0) is 11.3. The van der Waals surface area contributed by atoms with E-state index in [1.807, 2.05) is 0 Å². The molecule has 0 aliphatic heterocycles. The lowest BCUT2D eigenvalue weighted by atomic mass is 9.54. The van der Waals surface area contributed by atoms with Gasteiger partial charge >= 0.3 is 0 Å². The van der Waals surface area contributed by atoms with E-state index in [1.165, 1.54) is 25.7 Å². The van der Waals surface area contributed by atoms with Crippen LogP contribution in [0.3, 0.4) is 0 Å². The first kappa shape index (κ1) is 11.4. The van der Waals surface area contributed by atoms with Crippen LogP contribution in [0.2, 0.25) is 0 Å². The summed E-state index contributed by atoms with van der Waals surface area (Å²) in [5.41, 5.74) is 0.266. The van der Waals surface area contributed by atoms with Gasteiger partial charge < -0.3 is 5.11 Å². The predicted octanol–water partition coefficient (Wildman–Crippen LogP) is 3.75. The van der Waals surface area contributed by atoms with Gasteiger partial charge in [-0.15, -0.1) is 0 Å². The Kier molecular flexibility index (Phi) is 2.46. The zero-order valence-electron chi connectivity index (χ0n) is 10.8. The molecule has 2 saturated carbocycles. The molecule has 2 aliphatic carbocycles. The summed E-state index contributed by atoms with van der Waals surface area (Å²) < 4.78 is 0. The molecule has 0 heterocycles. The van der Waals surface area contributed by atoms with E-state index in [-0.39, 0.29) is 5.60 Å². The van der Waals surface area contributed by atoms with Crippen LogP contribution in [-0.2, 0) is 0 Å². The highest BCUT2D eigenvalue weighted by molar-refractivity contribution is 5.02. The number of hydrogen-bond donors (Lipinski definition) is 1. The van der Waals surface area contributed by atoms with Crippen molar-refractivity contribution in [3.05, 3.63) is 0 Å². The summed E-state index contributed by atoms with van der Waals surface area (Å²) in [6.07, 6.45) is 7.09. The second kappa shape index (κ2) is 3.23. The minimum absolute atomic E-state index is 0.312. The lowest BCUT2D eigenvalue weighted by molar-refractivity contribution is -0.139. The molecule has 0 amide bonds. The van der Waals surface area contributed by atoms with Crippen LogP contribution in [-0.4, -0.2) is 10.7 Å². The molecule has 0 aromatic carbocycles. The standard InChI is InChI=1S/C14H26O/c1-12(2)8-13(3,4)10-14(15,9-12)11-6-5-7-11/h11,15H,5-10H2,1-4H3. The lowest BCUT2D eigenvalue weighted by Gasteiger charge is -2.54. The Labute approximate surface area is 94.3 Å². The van der Waals surface area contributed by atoms with Gasteiger partial charge in [-0.05, 0) is 48.9 Å². The van der Waals surface area contributed by atoms with Gasteiger partial charge in [0.15, 0.2) is 0 Å². The highest BCUT2D eigenvalue weighted by atomic mass is 16.3. The summed E-state index contributed by atoms with van der Waals surface area (Å²) >= 11 is 0. The van der Waals surface area contributed by atoms with Gasteiger partial charge in [-0.2, -0.15) is 0 Å². The summed E-state index contributed by atoms with van der Waals surface area (Å²) in [5, 5.41) is 10.9. The van der Waals surface area contributed by atoms with E-state index < -0.39 is 0 Å². The maximum Gasteiger partial charge on any atom is 0.0686 e. The molecule has 1 nitrogen and oxygen atoms in total. The van der Waals surface area contributed by atoms with E-state index in [9.17, 15) is 5.11 Å². The Morgan fingerprint density at radius 1 is 0.867 bits per heavy atom. The molecule has 0 spiro atoms. The molecule has 0 saturated heterocycles. The molecule has 1 N–H and O–H groups in total. The Balaban J connectivity index is 2.18. The van der Waals surface area contributed by atoms with Crippen LogP contribution in [0, 0.1) is 16.7 Å². The van der Waals surface area contributed by atoms with Gasteiger partial charge in [0, 0.05) is 0 Å². The van der Waals surface area contributed by atoms with E-state index in [1.54, 1.807) is 0 Å². The van der Waals surface area contributed by atoms with Crippen molar-refractivity contribution in [3.63, 3.8) is 0 Å². The van der Waals surface area contributed by atoms with Gasteiger partial charge in [0.25, 0.3) is 0 Å². The zero-order valence-corrected chi connectivity index (χ0v) is 10.8. The van der Waals surface area contributed by atoms with Crippen LogP contribution in [0.4, 0.5) is 0 Å². The maximum absolute atomic E-state index is 10.9. The third-order valence-corrected chi connectivity index (χ3v) is 4.39. The summed E-state index contributed by atoms with van der Waals surface area (Å²) in [7, 11) is 0. The fourth-order valence-corrected chi connectivity index (χ4v) is 4.37. The van der Waals surface area contributed by atoms with Gasteiger partial charge in [-0.1, -0.05) is 34.1 Å². The van der Waals surface area contributed by atoms with Crippen molar-refractivity contribution in [3.8, 4) is 0 Å². The van der Waals surface area contributed by atoms with Crippen molar-refractivity contribution < 1.29 is 5.11 Å². The first-order valence-electron chi connectivity index (χ1n) is 6.45. The SMILES string of the molecule is CC1(C)CC(C)(C)CC(O)(C2CCC2)C1. The average Bonchev–Trinajstić information content (AvgIpc) is 1.67. The van der Waals surface area contributed by atoms with Crippen LogP contribution in [0.5, 0.6) is 0 Å². The van der Waals surface area contributed by atoms with Crippen LogP contribution in [0.25, 0.3) is 0 Å². The number of rotatable bonds is 1. The molecular formula is C14H26O. The van der Waals surface area contributed by atoms with Gasteiger partial charge in [0.1, 0.15) is 0 Å². The van der Waals surface area contributed by atoms with E-state index in [0.29, 0.717) is 16.7 Å². The fourth-order valence-electron chi connectivity index (χ4n) is 4.37. The van der Waals surface area contributed by atoms with Crippen LogP contribution < -0.4 is 0 Å². The molecule has 0 atom stereocenters. The van der Waals surface area contributed by atoms with Gasteiger partial charge in [0.2, 0.25) is 0 Å². The Hall–Kier alpha value is -0.0400. The monoisotopic (exact) mass is 210 g/mol. The minimum atomic E-state index is -0.358. The van der Waals surface area contributed by atoms with Crippen molar-refractivity contribution in [1.29, 1.82) is 0 Å². The third kappa shape index (κ3) is 2.22. The first-order valence-corrected chi connectivity index (χ1v) is 6.45. The molecule has 0 radical (unpaired) electrons. The highest BCUT2D eigenvalue weighted by Gasteiger charge is 2.51. The summed E-state index contributed by atoms with van der Waals surface area (Å²) in [4.78, 5) is 0. The Bertz CT molecular complexity index is 232. The second-order valence-corrected chi connectivity index (χ2v) is 7.59. The summed E-state index contributed by atoms with van der Waals surface area (Å²) in [6.45, 7) is 9.27. The molecule has 0 aromatic rings. The van der Waals surface area contributed by atoms with Crippen molar-refractivity contribution >= 4 is 0 Å². The molecule has 0 aromatic heterocycles. The second-order valence-electron chi connectivity index (χ2n) is 7.59. The molecule has 2 rings (SSSR count).